The van der Waals surface area contributed by atoms with Crippen LogP contribution in [0, 0.1) is 0 Å². The zero-order chi connectivity index (χ0) is 20.5. The Labute approximate surface area is 166 Å². The van der Waals surface area contributed by atoms with Crippen LogP contribution in [-0.2, 0) is 11.8 Å². The number of aromatic nitrogens is 2. The minimum Gasteiger partial charge on any atom is -0.493 e. The van der Waals surface area contributed by atoms with Crippen LogP contribution < -0.4 is 20.1 Å². The van der Waals surface area contributed by atoms with Gasteiger partial charge in [0.15, 0.2) is 17.3 Å². The van der Waals surface area contributed by atoms with E-state index < -0.39 is 5.91 Å². The van der Waals surface area contributed by atoms with E-state index in [2.05, 4.69) is 15.7 Å². The highest BCUT2D eigenvalue weighted by Crippen LogP contribution is 2.42. The normalized spacial score (nSPS) is 15.4. The van der Waals surface area contributed by atoms with Crippen LogP contribution in [0.3, 0.4) is 0 Å². The third-order valence-electron chi connectivity index (χ3n) is 4.85. The molecule has 1 atom stereocenters. The molecule has 0 saturated carbocycles. The molecule has 0 bridgehead atoms. The van der Waals surface area contributed by atoms with Gasteiger partial charge in [-0.15, -0.1) is 0 Å². The van der Waals surface area contributed by atoms with Gasteiger partial charge < -0.3 is 24.5 Å². The summed E-state index contributed by atoms with van der Waals surface area (Å²) in [5, 5.41) is 10.1. The first-order chi connectivity index (χ1) is 14.0. The number of nitrogens with zero attached hydrogens (tertiary/aromatic N) is 2. The Kier molecular flexibility index (Phi) is 4.71. The number of carbonyl (C=O) groups excluding carboxylic acids is 2. The molecular formula is C20H20N4O5. The quantitative estimate of drug-likeness (QED) is 0.687. The second-order valence-electron chi connectivity index (χ2n) is 6.55. The van der Waals surface area contributed by atoms with Crippen molar-refractivity contribution in [1.82, 2.24) is 9.78 Å². The first-order valence-electron chi connectivity index (χ1n) is 8.96. The summed E-state index contributed by atoms with van der Waals surface area (Å²) in [5.74, 6) is 1.37. The summed E-state index contributed by atoms with van der Waals surface area (Å²) in [4.78, 5) is 25.2. The van der Waals surface area contributed by atoms with Crippen molar-refractivity contribution in [2.24, 2.45) is 7.05 Å². The van der Waals surface area contributed by atoms with E-state index in [-0.39, 0.29) is 18.2 Å². The number of fused-ring (bicyclic) bond motifs is 1. The van der Waals surface area contributed by atoms with Gasteiger partial charge in [-0.2, -0.15) is 5.10 Å². The number of furan rings is 1. The maximum Gasteiger partial charge on any atom is 0.260 e. The molecule has 150 valence electrons. The lowest BCUT2D eigenvalue weighted by Crippen LogP contribution is -2.25. The lowest BCUT2D eigenvalue weighted by atomic mass is 9.91. The van der Waals surface area contributed by atoms with E-state index in [1.807, 2.05) is 0 Å². The molecule has 2 aromatic heterocycles. The second kappa shape index (κ2) is 7.34. The molecule has 4 rings (SSSR count). The first-order valence-corrected chi connectivity index (χ1v) is 8.96. The van der Waals surface area contributed by atoms with Gasteiger partial charge in [0.25, 0.3) is 5.91 Å². The Bertz CT molecular complexity index is 1070. The maximum atomic E-state index is 13.0. The topological polar surface area (TPSA) is 108 Å². The molecule has 0 fully saturated rings. The highest BCUT2D eigenvalue weighted by atomic mass is 16.5. The molecule has 9 nitrogen and oxygen atoms in total. The van der Waals surface area contributed by atoms with Gasteiger partial charge in [0.05, 0.1) is 37.5 Å². The van der Waals surface area contributed by atoms with Gasteiger partial charge in [-0.25, -0.2) is 0 Å². The number of methoxy groups -OCH3 is 2. The monoisotopic (exact) mass is 396 g/mol. The second-order valence-corrected chi connectivity index (χ2v) is 6.55. The zero-order valence-electron chi connectivity index (χ0n) is 16.2. The number of hydrogen-bond donors (Lipinski definition) is 2. The van der Waals surface area contributed by atoms with E-state index in [0.717, 1.165) is 0 Å². The summed E-state index contributed by atoms with van der Waals surface area (Å²) in [6.45, 7) is 0. The van der Waals surface area contributed by atoms with Crippen molar-refractivity contribution < 1.29 is 23.5 Å². The fourth-order valence-electron chi connectivity index (χ4n) is 3.55. The molecule has 9 heteroatoms. The number of aryl methyl sites for hydroxylation is 1. The van der Waals surface area contributed by atoms with E-state index in [0.29, 0.717) is 40.0 Å². The number of carbonyl (C=O) groups is 2. The average Bonchev–Trinajstić information content (AvgIpc) is 3.35. The highest BCUT2D eigenvalue weighted by Gasteiger charge is 2.35. The number of nitrogens with one attached hydrogen (secondary N) is 2. The number of rotatable bonds is 5. The summed E-state index contributed by atoms with van der Waals surface area (Å²) in [5.41, 5.74) is 0.998. The highest BCUT2D eigenvalue weighted by molar-refractivity contribution is 6.07. The van der Waals surface area contributed by atoms with Gasteiger partial charge in [-0.1, -0.05) is 6.07 Å². The predicted octanol–water partition coefficient (Wildman–Crippen LogP) is 2.76. The van der Waals surface area contributed by atoms with Gasteiger partial charge in [0, 0.05) is 13.5 Å². The standard InChI is InChI=1S/C20H20N4O5/c1-24-19-16(12(10-15(25)21-19)13-8-5-9-29-13)18(23-24)22-20(26)11-6-4-7-14(27-2)17(11)28-3/h4-9,12H,10H2,1-3H3,(H,21,25)(H,22,23,26)/t12-/m1/s1. The van der Waals surface area contributed by atoms with E-state index in [1.54, 1.807) is 43.6 Å². The first kappa shape index (κ1) is 18.6. The van der Waals surface area contributed by atoms with Crippen molar-refractivity contribution >= 4 is 23.5 Å². The fraction of sp³-hybridized carbons (Fsp3) is 0.250. The van der Waals surface area contributed by atoms with Gasteiger partial charge >= 0.3 is 0 Å². The predicted molar refractivity (Wildman–Crippen MR) is 105 cm³/mol. The van der Waals surface area contributed by atoms with Crippen LogP contribution in [0.1, 0.15) is 34.0 Å². The lowest BCUT2D eigenvalue weighted by Gasteiger charge is -2.22. The van der Waals surface area contributed by atoms with Crippen LogP contribution in [-0.4, -0.2) is 35.8 Å². The molecule has 3 aromatic rings. The molecule has 0 saturated heterocycles. The third-order valence-corrected chi connectivity index (χ3v) is 4.85. The van der Waals surface area contributed by atoms with Gasteiger partial charge in [-0.3, -0.25) is 14.3 Å². The molecule has 0 spiro atoms. The molecule has 0 unspecified atom stereocenters. The molecule has 1 aromatic carbocycles. The molecule has 29 heavy (non-hydrogen) atoms. The van der Waals surface area contributed by atoms with E-state index in [1.165, 1.54) is 18.9 Å². The molecule has 1 aliphatic rings. The number of amides is 2. The van der Waals surface area contributed by atoms with Crippen LogP contribution in [0.25, 0.3) is 0 Å². The van der Waals surface area contributed by atoms with Crippen molar-refractivity contribution in [2.45, 2.75) is 12.3 Å². The van der Waals surface area contributed by atoms with E-state index >= 15 is 0 Å². The number of anilines is 2. The van der Waals surface area contributed by atoms with Crippen molar-refractivity contribution in [1.29, 1.82) is 0 Å². The fourth-order valence-corrected chi connectivity index (χ4v) is 3.55. The number of benzene rings is 1. The minimum absolute atomic E-state index is 0.144. The Hall–Kier alpha value is -3.75. The van der Waals surface area contributed by atoms with Crippen LogP contribution >= 0.6 is 0 Å². The number of ether oxygens (including phenoxy) is 2. The van der Waals surface area contributed by atoms with E-state index in [4.69, 9.17) is 13.9 Å². The van der Waals surface area contributed by atoms with Crippen molar-refractivity contribution in [2.75, 3.05) is 24.9 Å². The maximum absolute atomic E-state index is 13.0. The summed E-state index contributed by atoms with van der Waals surface area (Å²) < 4.78 is 17.7. The summed E-state index contributed by atoms with van der Waals surface area (Å²) in [7, 11) is 4.68. The Morgan fingerprint density at radius 3 is 2.79 bits per heavy atom. The molecule has 3 heterocycles. The van der Waals surface area contributed by atoms with Crippen molar-refractivity contribution in [3.63, 3.8) is 0 Å². The smallest absolute Gasteiger partial charge is 0.260 e. The van der Waals surface area contributed by atoms with Crippen molar-refractivity contribution in [3.8, 4) is 11.5 Å². The van der Waals surface area contributed by atoms with Crippen LogP contribution in [0.4, 0.5) is 11.6 Å². The van der Waals surface area contributed by atoms with Gasteiger partial charge in [0.2, 0.25) is 5.91 Å². The molecular weight excluding hydrogens is 376 g/mol. The molecule has 2 N–H and O–H groups in total. The lowest BCUT2D eigenvalue weighted by molar-refractivity contribution is -0.116. The van der Waals surface area contributed by atoms with Crippen LogP contribution in [0.2, 0.25) is 0 Å². The van der Waals surface area contributed by atoms with Gasteiger partial charge in [-0.05, 0) is 24.3 Å². The van der Waals surface area contributed by atoms with Crippen LogP contribution in [0.5, 0.6) is 11.5 Å². The Balaban J connectivity index is 1.74. The molecule has 2 amide bonds. The van der Waals surface area contributed by atoms with Crippen molar-refractivity contribution in [3.05, 3.63) is 53.5 Å². The minimum atomic E-state index is -0.406. The number of para-hydroxylation sites is 1. The van der Waals surface area contributed by atoms with Crippen LogP contribution in [0.15, 0.2) is 41.0 Å². The Morgan fingerprint density at radius 1 is 1.28 bits per heavy atom. The third kappa shape index (κ3) is 3.20. The van der Waals surface area contributed by atoms with E-state index in [9.17, 15) is 9.59 Å². The summed E-state index contributed by atoms with van der Waals surface area (Å²) in [6.07, 6.45) is 1.74. The summed E-state index contributed by atoms with van der Waals surface area (Å²) >= 11 is 0. The zero-order valence-corrected chi connectivity index (χ0v) is 16.2. The summed E-state index contributed by atoms with van der Waals surface area (Å²) in [6, 6.07) is 8.61. The molecule has 0 aliphatic carbocycles. The number of hydrogen-bond acceptors (Lipinski definition) is 6. The Morgan fingerprint density at radius 2 is 2.10 bits per heavy atom. The average molecular weight is 396 g/mol. The molecule has 1 aliphatic heterocycles. The SMILES string of the molecule is COc1cccc(C(=O)Nc2nn(C)c3c2[C@@H](c2ccco2)CC(=O)N3)c1OC. The van der Waals surface area contributed by atoms with Gasteiger partial charge in [0.1, 0.15) is 11.6 Å². The molecule has 0 radical (unpaired) electrons. The largest absolute Gasteiger partial charge is 0.493 e.